The van der Waals surface area contributed by atoms with E-state index in [1.54, 1.807) is 31.2 Å². The molecule has 7 nitrogen and oxygen atoms in total. The minimum Gasteiger partial charge on any atom is -0.493 e. The Bertz CT molecular complexity index is 966. The Morgan fingerprint density at radius 1 is 1.11 bits per heavy atom. The minimum absolute atomic E-state index is 0.268. The average molecular weight is 366 g/mol. The quantitative estimate of drug-likeness (QED) is 0.725. The van der Waals surface area contributed by atoms with E-state index in [1.165, 1.54) is 0 Å². The van der Waals surface area contributed by atoms with Gasteiger partial charge in [-0.1, -0.05) is 12.1 Å². The Balaban J connectivity index is 1.84. The molecule has 0 atom stereocenters. The molecular weight excluding hydrogens is 344 g/mol. The van der Waals surface area contributed by atoms with Crippen LogP contribution in [0.1, 0.15) is 27.3 Å². The molecule has 0 bridgehead atoms. The molecule has 1 amide bonds. The summed E-state index contributed by atoms with van der Waals surface area (Å²) in [5.41, 5.74) is 3.00. The number of nitrogens with zero attached hydrogens (tertiary/aromatic N) is 3. The highest BCUT2D eigenvalue weighted by Gasteiger charge is 2.15. The minimum atomic E-state index is -0.268. The number of benzene rings is 1. The molecule has 0 unspecified atom stereocenters. The number of aryl methyl sites for hydroxylation is 2. The van der Waals surface area contributed by atoms with Crippen molar-refractivity contribution in [3.8, 4) is 11.5 Å². The van der Waals surface area contributed by atoms with Crippen LogP contribution in [0.15, 0.2) is 42.6 Å². The molecule has 1 N–H and O–H groups in total. The summed E-state index contributed by atoms with van der Waals surface area (Å²) in [4.78, 5) is 16.8. The fourth-order valence-corrected chi connectivity index (χ4v) is 2.75. The van der Waals surface area contributed by atoms with Gasteiger partial charge >= 0.3 is 0 Å². The molecule has 2 heterocycles. The van der Waals surface area contributed by atoms with Crippen molar-refractivity contribution >= 4 is 11.7 Å². The first kappa shape index (κ1) is 18.4. The van der Waals surface area contributed by atoms with E-state index in [0.717, 1.165) is 16.8 Å². The zero-order valence-corrected chi connectivity index (χ0v) is 15.8. The van der Waals surface area contributed by atoms with Crippen LogP contribution in [0.2, 0.25) is 0 Å². The van der Waals surface area contributed by atoms with Gasteiger partial charge in [0.15, 0.2) is 11.5 Å². The van der Waals surface area contributed by atoms with Gasteiger partial charge in [-0.05, 0) is 43.7 Å². The monoisotopic (exact) mass is 366 g/mol. The van der Waals surface area contributed by atoms with Crippen LogP contribution in [0.5, 0.6) is 11.5 Å². The number of ether oxygens (including phenoxy) is 2. The van der Waals surface area contributed by atoms with E-state index in [1.807, 2.05) is 44.2 Å². The number of carbonyl (C=O) groups is 1. The number of rotatable bonds is 6. The van der Waals surface area contributed by atoms with Gasteiger partial charge in [-0.2, -0.15) is 5.10 Å². The summed E-state index contributed by atoms with van der Waals surface area (Å²) < 4.78 is 12.4. The topological polar surface area (TPSA) is 78.3 Å². The number of pyridine rings is 1. The number of carbonyl (C=O) groups excluding carboxylic acids is 1. The average Bonchev–Trinajstić information content (AvgIpc) is 3.01. The number of hydrogen-bond donors (Lipinski definition) is 1. The van der Waals surface area contributed by atoms with Crippen LogP contribution in [-0.2, 0) is 6.54 Å². The summed E-state index contributed by atoms with van der Waals surface area (Å²) in [6, 6.07) is 11.0. The van der Waals surface area contributed by atoms with E-state index in [9.17, 15) is 4.79 Å². The number of methoxy groups -OCH3 is 2. The molecule has 140 valence electrons. The van der Waals surface area contributed by atoms with Gasteiger partial charge in [0.25, 0.3) is 5.91 Å². The first-order valence-electron chi connectivity index (χ1n) is 8.50. The SMILES string of the molecule is COc1ccc(Cn2ncc(C)c2NC(=O)c2cccc(C)n2)cc1OC. The van der Waals surface area contributed by atoms with Crippen molar-refractivity contribution in [2.75, 3.05) is 19.5 Å². The Labute approximate surface area is 158 Å². The lowest BCUT2D eigenvalue weighted by Crippen LogP contribution is -2.18. The predicted octanol–water partition coefficient (Wildman–Crippen LogP) is 3.21. The maximum atomic E-state index is 12.6. The van der Waals surface area contributed by atoms with Crippen molar-refractivity contribution in [2.24, 2.45) is 0 Å². The third-order valence-electron chi connectivity index (χ3n) is 4.16. The highest BCUT2D eigenvalue weighted by molar-refractivity contribution is 6.02. The second-order valence-corrected chi connectivity index (χ2v) is 6.14. The molecule has 0 aliphatic carbocycles. The number of hydrogen-bond acceptors (Lipinski definition) is 5. The summed E-state index contributed by atoms with van der Waals surface area (Å²) in [6.07, 6.45) is 1.72. The van der Waals surface area contributed by atoms with E-state index >= 15 is 0 Å². The first-order valence-corrected chi connectivity index (χ1v) is 8.50. The predicted molar refractivity (Wildman–Crippen MR) is 103 cm³/mol. The van der Waals surface area contributed by atoms with Crippen LogP contribution < -0.4 is 14.8 Å². The van der Waals surface area contributed by atoms with Gasteiger partial charge in [-0.15, -0.1) is 0 Å². The molecule has 0 saturated carbocycles. The third kappa shape index (κ3) is 4.08. The van der Waals surface area contributed by atoms with E-state index in [4.69, 9.17) is 9.47 Å². The second-order valence-electron chi connectivity index (χ2n) is 6.14. The van der Waals surface area contributed by atoms with E-state index in [-0.39, 0.29) is 5.91 Å². The fraction of sp³-hybridized carbons (Fsp3) is 0.250. The lowest BCUT2D eigenvalue weighted by molar-refractivity contribution is 0.102. The Hall–Kier alpha value is -3.35. The number of amides is 1. The van der Waals surface area contributed by atoms with Gasteiger partial charge in [0.05, 0.1) is 27.0 Å². The smallest absolute Gasteiger partial charge is 0.275 e. The van der Waals surface area contributed by atoms with Crippen molar-refractivity contribution in [1.82, 2.24) is 14.8 Å². The van der Waals surface area contributed by atoms with Crippen LogP contribution in [0.25, 0.3) is 0 Å². The van der Waals surface area contributed by atoms with Crippen LogP contribution in [0, 0.1) is 13.8 Å². The van der Waals surface area contributed by atoms with Gasteiger partial charge in [0.1, 0.15) is 11.5 Å². The van der Waals surface area contributed by atoms with Crippen molar-refractivity contribution < 1.29 is 14.3 Å². The molecule has 3 aromatic rings. The maximum absolute atomic E-state index is 12.6. The number of aromatic nitrogens is 3. The largest absolute Gasteiger partial charge is 0.493 e. The summed E-state index contributed by atoms with van der Waals surface area (Å²) in [7, 11) is 3.20. The van der Waals surface area contributed by atoms with E-state index < -0.39 is 0 Å². The summed E-state index contributed by atoms with van der Waals surface area (Å²) in [5.74, 6) is 1.68. The Morgan fingerprint density at radius 2 is 1.89 bits per heavy atom. The standard InChI is InChI=1S/C20H22N4O3/c1-13-11-21-24(12-15-8-9-17(26-3)18(10-15)27-4)19(13)23-20(25)16-7-5-6-14(2)22-16/h5-11H,12H2,1-4H3,(H,23,25). The van der Waals surface area contributed by atoms with Gasteiger partial charge in [-0.25, -0.2) is 9.67 Å². The highest BCUT2D eigenvalue weighted by atomic mass is 16.5. The maximum Gasteiger partial charge on any atom is 0.275 e. The summed E-state index contributed by atoms with van der Waals surface area (Å²) in [5, 5.41) is 7.30. The zero-order valence-electron chi connectivity index (χ0n) is 15.8. The lowest BCUT2D eigenvalue weighted by Gasteiger charge is -2.12. The molecule has 0 fully saturated rings. The summed E-state index contributed by atoms with van der Waals surface area (Å²) in [6.45, 7) is 4.23. The molecule has 0 radical (unpaired) electrons. The Kier molecular flexibility index (Phi) is 5.40. The van der Waals surface area contributed by atoms with Crippen molar-refractivity contribution in [1.29, 1.82) is 0 Å². The van der Waals surface area contributed by atoms with Crippen LogP contribution in [-0.4, -0.2) is 34.9 Å². The van der Waals surface area contributed by atoms with Gasteiger partial charge in [-0.3, -0.25) is 4.79 Å². The normalized spacial score (nSPS) is 10.5. The van der Waals surface area contributed by atoms with Crippen molar-refractivity contribution in [2.45, 2.75) is 20.4 Å². The van der Waals surface area contributed by atoms with Gasteiger partial charge < -0.3 is 14.8 Å². The second kappa shape index (κ2) is 7.90. The van der Waals surface area contributed by atoms with E-state index in [0.29, 0.717) is 29.6 Å². The van der Waals surface area contributed by atoms with Gasteiger partial charge in [0.2, 0.25) is 0 Å². The molecule has 3 rings (SSSR count). The van der Waals surface area contributed by atoms with Crippen molar-refractivity contribution in [3.05, 3.63) is 65.1 Å². The molecule has 0 aliphatic heterocycles. The molecule has 2 aromatic heterocycles. The van der Waals surface area contributed by atoms with Crippen LogP contribution >= 0.6 is 0 Å². The molecule has 0 saturated heterocycles. The molecule has 1 aromatic carbocycles. The number of nitrogens with one attached hydrogen (secondary N) is 1. The molecular formula is C20H22N4O3. The lowest BCUT2D eigenvalue weighted by atomic mass is 10.2. The van der Waals surface area contributed by atoms with Crippen LogP contribution in [0.3, 0.4) is 0 Å². The third-order valence-corrected chi connectivity index (χ3v) is 4.16. The molecule has 27 heavy (non-hydrogen) atoms. The molecule has 0 spiro atoms. The molecule has 7 heteroatoms. The highest BCUT2D eigenvalue weighted by Crippen LogP contribution is 2.28. The van der Waals surface area contributed by atoms with E-state index in [2.05, 4.69) is 15.4 Å². The molecule has 0 aliphatic rings. The van der Waals surface area contributed by atoms with Crippen LogP contribution in [0.4, 0.5) is 5.82 Å². The first-order chi connectivity index (χ1) is 13.0. The zero-order chi connectivity index (χ0) is 19.4. The summed E-state index contributed by atoms with van der Waals surface area (Å²) >= 11 is 0. The number of anilines is 1. The van der Waals surface area contributed by atoms with Crippen molar-refractivity contribution in [3.63, 3.8) is 0 Å². The fourth-order valence-electron chi connectivity index (χ4n) is 2.75. The Morgan fingerprint density at radius 3 is 2.59 bits per heavy atom. The van der Waals surface area contributed by atoms with Gasteiger partial charge in [0, 0.05) is 11.3 Å².